The lowest BCUT2D eigenvalue weighted by atomic mass is 9.58. The molecule has 2 bridgehead atoms. The van der Waals surface area contributed by atoms with E-state index in [0.717, 1.165) is 12.0 Å². The predicted molar refractivity (Wildman–Crippen MR) is 59.7 cm³/mol. The standard InChI is InChI=1S/C12H15ClO2/c1-3-8-5-10-7(2)4-9(8)11(14)12(10,15)6-13/h3-4,8-10,15H,1,5-6H2,2H3/t8-,9-,10-,12-/m0/s1. The lowest BCUT2D eigenvalue weighted by Gasteiger charge is -2.48. The van der Waals surface area contributed by atoms with E-state index in [1.54, 1.807) is 0 Å². The maximum Gasteiger partial charge on any atom is 0.173 e. The first kappa shape index (κ1) is 10.9. The number of allylic oxidation sites excluding steroid dienone is 2. The zero-order valence-corrected chi connectivity index (χ0v) is 9.50. The first-order valence-corrected chi connectivity index (χ1v) is 5.71. The number of Topliss-reactive ketones (excluding diaryl/α,β-unsaturated/α-hetero) is 1. The molecule has 3 aliphatic carbocycles. The molecule has 1 fully saturated rings. The first-order chi connectivity index (χ1) is 7.04. The molecule has 0 amide bonds. The molecule has 1 saturated carbocycles. The molecule has 0 aromatic rings. The fourth-order valence-electron chi connectivity index (χ4n) is 2.83. The molecule has 4 atom stereocenters. The van der Waals surface area contributed by atoms with Crippen LogP contribution in [0.25, 0.3) is 0 Å². The summed E-state index contributed by atoms with van der Waals surface area (Å²) in [6.07, 6.45) is 4.56. The van der Waals surface area contributed by atoms with E-state index >= 15 is 0 Å². The van der Waals surface area contributed by atoms with Crippen LogP contribution in [0.5, 0.6) is 0 Å². The van der Waals surface area contributed by atoms with E-state index in [1.807, 2.05) is 19.1 Å². The van der Waals surface area contributed by atoms with Crippen LogP contribution in [-0.4, -0.2) is 22.4 Å². The number of halogens is 1. The largest absolute Gasteiger partial charge is 0.380 e. The highest BCUT2D eigenvalue weighted by Crippen LogP contribution is 2.48. The van der Waals surface area contributed by atoms with Gasteiger partial charge >= 0.3 is 0 Å². The summed E-state index contributed by atoms with van der Waals surface area (Å²) in [5.74, 6) is -0.340. The Kier molecular flexibility index (Phi) is 2.52. The summed E-state index contributed by atoms with van der Waals surface area (Å²) >= 11 is 5.74. The predicted octanol–water partition coefficient (Wildman–Crippen LogP) is 1.92. The van der Waals surface area contributed by atoms with Crippen molar-refractivity contribution in [1.82, 2.24) is 0 Å². The lowest BCUT2D eigenvalue weighted by molar-refractivity contribution is -0.150. The summed E-state index contributed by atoms with van der Waals surface area (Å²) in [7, 11) is 0. The van der Waals surface area contributed by atoms with Crippen LogP contribution in [-0.2, 0) is 4.79 Å². The maximum absolute atomic E-state index is 12.0. The molecular formula is C12H15ClO2. The fourth-order valence-corrected chi connectivity index (χ4v) is 3.15. The Morgan fingerprint density at radius 1 is 1.80 bits per heavy atom. The van der Waals surface area contributed by atoms with Gasteiger partial charge in [-0.05, 0) is 19.3 Å². The van der Waals surface area contributed by atoms with Gasteiger partial charge in [-0.25, -0.2) is 0 Å². The van der Waals surface area contributed by atoms with Crippen molar-refractivity contribution in [2.24, 2.45) is 17.8 Å². The van der Waals surface area contributed by atoms with Crippen LogP contribution in [0.1, 0.15) is 13.3 Å². The van der Waals surface area contributed by atoms with Gasteiger partial charge in [0.05, 0.1) is 5.88 Å². The Bertz CT molecular complexity index is 348. The van der Waals surface area contributed by atoms with Crippen molar-refractivity contribution in [3.05, 3.63) is 24.3 Å². The molecule has 1 N–H and O–H groups in total. The molecule has 0 heterocycles. The van der Waals surface area contributed by atoms with Gasteiger partial charge in [-0.15, -0.1) is 18.2 Å². The van der Waals surface area contributed by atoms with Crippen LogP contribution in [0, 0.1) is 17.8 Å². The van der Waals surface area contributed by atoms with Crippen LogP contribution < -0.4 is 0 Å². The van der Waals surface area contributed by atoms with Crippen molar-refractivity contribution in [2.75, 3.05) is 5.88 Å². The number of rotatable bonds is 2. The van der Waals surface area contributed by atoms with E-state index in [1.165, 1.54) is 0 Å². The SMILES string of the molecule is C=C[C@H]1C[C@H]2C(C)=C[C@@H]1C(=O)[C@]2(O)CCl. The second-order valence-corrected chi connectivity index (χ2v) is 4.81. The van der Waals surface area contributed by atoms with Gasteiger partial charge in [0.25, 0.3) is 0 Å². The monoisotopic (exact) mass is 226 g/mol. The van der Waals surface area contributed by atoms with Gasteiger partial charge in [-0.3, -0.25) is 4.79 Å². The van der Waals surface area contributed by atoms with E-state index in [-0.39, 0.29) is 29.4 Å². The molecule has 0 aromatic carbocycles. The van der Waals surface area contributed by atoms with Crippen LogP contribution in [0.2, 0.25) is 0 Å². The van der Waals surface area contributed by atoms with Gasteiger partial charge < -0.3 is 5.11 Å². The second kappa shape index (κ2) is 3.46. The molecule has 15 heavy (non-hydrogen) atoms. The molecule has 0 saturated heterocycles. The Balaban J connectivity index is 2.46. The van der Waals surface area contributed by atoms with Crippen molar-refractivity contribution in [1.29, 1.82) is 0 Å². The number of aliphatic hydroxyl groups is 1. The molecular weight excluding hydrogens is 212 g/mol. The normalized spacial score (nSPS) is 44.1. The van der Waals surface area contributed by atoms with Crippen molar-refractivity contribution in [2.45, 2.75) is 18.9 Å². The quantitative estimate of drug-likeness (QED) is 0.577. The van der Waals surface area contributed by atoms with E-state index in [0.29, 0.717) is 0 Å². The smallest absolute Gasteiger partial charge is 0.173 e. The zero-order chi connectivity index (χ0) is 11.2. The average Bonchev–Trinajstić information content (AvgIpc) is 2.25. The van der Waals surface area contributed by atoms with E-state index in [2.05, 4.69) is 6.58 Å². The third-order valence-electron chi connectivity index (χ3n) is 3.77. The van der Waals surface area contributed by atoms with Crippen LogP contribution in [0.4, 0.5) is 0 Å². The van der Waals surface area contributed by atoms with Crippen molar-refractivity contribution < 1.29 is 9.90 Å². The van der Waals surface area contributed by atoms with Crippen molar-refractivity contribution >= 4 is 17.4 Å². The van der Waals surface area contributed by atoms with E-state index in [9.17, 15) is 9.90 Å². The highest BCUT2D eigenvalue weighted by molar-refractivity contribution is 6.21. The first-order valence-electron chi connectivity index (χ1n) is 5.18. The Labute approximate surface area is 94.6 Å². The molecule has 3 rings (SSSR count). The van der Waals surface area contributed by atoms with Crippen molar-refractivity contribution in [3.63, 3.8) is 0 Å². The summed E-state index contributed by atoms with van der Waals surface area (Å²) in [5, 5.41) is 10.3. The molecule has 3 heteroatoms. The summed E-state index contributed by atoms with van der Waals surface area (Å²) in [5.41, 5.74) is -0.259. The molecule has 2 nitrogen and oxygen atoms in total. The summed E-state index contributed by atoms with van der Waals surface area (Å²) in [6.45, 7) is 5.70. The summed E-state index contributed by atoms with van der Waals surface area (Å²) < 4.78 is 0. The highest BCUT2D eigenvalue weighted by Gasteiger charge is 2.55. The number of alkyl halides is 1. The van der Waals surface area contributed by atoms with Crippen LogP contribution in [0.3, 0.4) is 0 Å². The van der Waals surface area contributed by atoms with E-state index in [4.69, 9.17) is 11.6 Å². The molecule has 82 valence electrons. The molecule has 3 aliphatic rings. The minimum absolute atomic E-state index is 0.0119. The summed E-state index contributed by atoms with van der Waals surface area (Å²) in [6, 6.07) is 0. The van der Waals surface area contributed by atoms with E-state index < -0.39 is 5.60 Å². The highest BCUT2D eigenvalue weighted by atomic mass is 35.5. The maximum atomic E-state index is 12.0. The molecule has 0 aliphatic heterocycles. The number of ketones is 1. The minimum atomic E-state index is -1.34. The Morgan fingerprint density at radius 2 is 2.47 bits per heavy atom. The van der Waals surface area contributed by atoms with Gasteiger partial charge in [-0.1, -0.05) is 17.7 Å². The second-order valence-electron chi connectivity index (χ2n) is 4.55. The summed E-state index contributed by atoms with van der Waals surface area (Å²) in [4.78, 5) is 12.0. The van der Waals surface area contributed by atoms with Gasteiger partial charge in [0.1, 0.15) is 5.60 Å². The van der Waals surface area contributed by atoms with Gasteiger partial charge in [0.2, 0.25) is 0 Å². The molecule has 0 aromatic heterocycles. The number of hydrogen-bond acceptors (Lipinski definition) is 2. The Morgan fingerprint density at radius 3 is 3.00 bits per heavy atom. The van der Waals surface area contributed by atoms with Gasteiger partial charge in [0, 0.05) is 11.8 Å². The number of carbonyl (C=O) groups excluding carboxylic acids is 1. The zero-order valence-electron chi connectivity index (χ0n) is 8.74. The topological polar surface area (TPSA) is 37.3 Å². The molecule has 0 unspecified atom stereocenters. The molecule has 0 radical (unpaired) electrons. The number of fused-ring (bicyclic) bond motifs is 2. The number of carbonyl (C=O) groups is 1. The van der Waals surface area contributed by atoms with Crippen LogP contribution >= 0.6 is 11.6 Å². The third-order valence-corrected chi connectivity index (χ3v) is 4.18. The van der Waals surface area contributed by atoms with Gasteiger partial charge in [0.15, 0.2) is 5.78 Å². The lowest BCUT2D eigenvalue weighted by Crippen LogP contribution is -2.58. The Hall–Kier alpha value is -0.600. The van der Waals surface area contributed by atoms with Crippen molar-refractivity contribution in [3.8, 4) is 0 Å². The molecule has 0 spiro atoms. The van der Waals surface area contributed by atoms with Crippen LogP contribution in [0.15, 0.2) is 24.3 Å². The minimum Gasteiger partial charge on any atom is -0.380 e. The average molecular weight is 227 g/mol. The number of hydrogen-bond donors (Lipinski definition) is 1. The fraction of sp³-hybridized carbons (Fsp3) is 0.583. The van der Waals surface area contributed by atoms with Gasteiger partial charge in [-0.2, -0.15) is 0 Å². The third kappa shape index (κ3) is 1.31.